The number of amides is 1. The molecule has 2 rings (SSSR count). The number of rotatable bonds is 2. The number of hydrogen-bond acceptors (Lipinski definition) is 3. The van der Waals surface area contributed by atoms with Crippen LogP contribution < -0.4 is 5.73 Å². The van der Waals surface area contributed by atoms with Crippen molar-refractivity contribution in [3.8, 4) is 0 Å². The van der Waals surface area contributed by atoms with Crippen molar-refractivity contribution in [3.63, 3.8) is 0 Å². The van der Waals surface area contributed by atoms with Crippen LogP contribution in [0.3, 0.4) is 0 Å². The topological polar surface area (TPSA) is 83.6 Å². The average Bonchev–Trinajstić information content (AvgIpc) is 2.63. The van der Waals surface area contributed by atoms with Crippen molar-refractivity contribution in [3.05, 3.63) is 35.4 Å². The maximum Gasteiger partial charge on any atom is 0.308 e. The van der Waals surface area contributed by atoms with Gasteiger partial charge in [0.1, 0.15) is 11.6 Å². The lowest BCUT2D eigenvalue weighted by molar-refractivity contribution is -0.142. The highest BCUT2D eigenvalue weighted by atomic mass is 19.1. The fourth-order valence-corrected chi connectivity index (χ4v) is 2.42. The fourth-order valence-electron chi connectivity index (χ4n) is 2.42. The molecule has 0 saturated carbocycles. The van der Waals surface area contributed by atoms with E-state index in [-0.39, 0.29) is 19.1 Å². The number of halogens is 2. The van der Waals surface area contributed by atoms with Gasteiger partial charge in [0.25, 0.3) is 5.91 Å². The Hall–Kier alpha value is -2.02. The molecule has 1 fully saturated rings. The summed E-state index contributed by atoms with van der Waals surface area (Å²) >= 11 is 0. The van der Waals surface area contributed by atoms with E-state index in [1.54, 1.807) is 0 Å². The number of carbonyl (C=O) groups excluding carboxylic acids is 1. The van der Waals surface area contributed by atoms with E-state index >= 15 is 0 Å². The molecule has 0 aliphatic carbocycles. The monoisotopic (exact) mass is 298 g/mol. The molecule has 1 amide bonds. The third-order valence-electron chi connectivity index (χ3n) is 3.58. The number of hydrogen-bond donors (Lipinski definition) is 2. The van der Waals surface area contributed by atoms with Crippen molar-refractivity contribution >= 4 is 11.9 Å². The molecule has 1 aromatic carbocycles. The van der Waals surface area contributed by atoms with E-state index in [0.717, 1.165) is 18.2 Å². The highest BCUT2D eigenvalue weighted by molar-refractivity contribution is 5.94. The minimum absolute atomic E-state index is 0.0577. The van der Waals surface area contributed by atoms with Crippen LogP contribution in [-0.2, 0) is 4.79 Å². The average molecular weight is 298 g/mol. The number of likely N-dealkylation sites (tertiary alicyclic amines) is 1. The Kier molecular flexibility index (Phi) is 4.52. The van der Waals surface area contributed by atoms with Gasteiger partial charge in [0.05, 0.1) is 11.5 Å². The van der Waals surface area contributed by atoms with Crippen LogP contribution in [0.4, 0.5) is 8.78 Å². The Balaban J connectivity index is 2.27. The summed E-state index contributed by atoms with van der Waals surface area (Å²) in [6.07, 6.45) is 0.818. The zero-order valence-electron chi connectivity index (χ0n) is 11.3. The van der Waals surface area contributed by atoms with Gasteiger partial charge >= 0.3 is 5.97 Å². The molecule has 21 heavy (non-hydrogen) atoms. The first-order chi connectivity index (χ1) is 9.88. The number of carbonyl (C=O) groups is 2. The Labute approximate surface area is 120 Å². The molecule has 7 heteroatoms. The first-order valence-corrected chi connectivity index (χ1v) is 6.61. The lowest BCUT2D eigenvalue weighted by atomic mass is 10.0. The minimum atomic E-state index is -1.03. The number of carboxylic acid groups (broad SMARTS) is 1. The molecule has 2 atom stereocenters. The van der Waals surface area contributed by atoms with Gasteiger partial charge in [0.2, 0.25) is 0 Å². The number of benzene rings is 1. The van der Waals surface area contributed by atoms with Crippen molar-refractivity contribution in [2.75, 3.05) is 13.1 Å². The normalized spacial score (nSPS) is 22.7. The van der Waals surface area contributed by atoms with Gasteiger partial charge in [-0.05, 0) is 31.0 Å². The predicted molar refractivity (Wildman–Crippen MR) is 70.6 cm³/mol. The van der Waals surface area contributed by atoms with E-state index in [1.165, 1.54) is 4.90 Å². The van der Waals surface area contributed by atoms with Crippen molar-refractivity contribution in [2.24, 2.45) is 11.7 Å². The molecule has 1 aromatic rings. The SMILES string of the molecule is N[C@@H]1CC[C@H](C(=O)O)CN(C(=O)c2cc(F)ccc2F)C1. The molecule has 0 bridgehead atoms. The number of aliphatic carboxylic acids is 1. The van der Waals surface area contributed by atoms with Crippen molar-refractivity contribution in [1.29, 1.82) is 0 Å². The molecule has 3 N–H and O–H groups in total. The molecule has 1 aliphatic rings. The molecule has 1 aliphatic heterocycles. The molecule has 0 unspecified atom stereocenters. The molecule has 1 saturated heterocycles. The highest BCUT2D eigenvalue weighted by Gasteiger charge is 2.30. The van der Waals surface area contributed by atoms with Gasteiger partial charge in [0.15, 0.2) is 0 Å². The highest BCUT2D eigenvalue weighted by Crippen LogP contribution is 2.20. The van der Waals surface area contributed by atoms with Crippen LogP contribution in [0.25, 0.3) is 0 Å². The van der Waals surface area contributed by atoms with E-state index in [0.29, 0.717) is 12.8 Å². The van der Waals surface area contributed by atoms with Crippen molar-refractivity contribution in [2.45, 2.75) is 18.9 Å². The summed E-state index contributed by atoms with van der Waals surface area (Å²) in [6.45, 7) is 0.0659. The Morgan fingerprint density at radius 3 is 2.62 bits per heavy atom. The largest absolute Gasteiger partial charge is 0.481 e. The van der Waals surface area contributed by atoms with Crippen LogP contribution in [0, 0.1) is 17.6 Å². The Bertz CT molecular complexity index is 565. The van der Waals surface area contributed by atoms with Crippen LogP contribution in [0.1, 0.15) is 23.2 Å². The standard InChI is InChI=1S/C14H16F2N2O3/c15-9-2-4-12(16)11(5-9)13(19)18-6-8(14(20)21)1-3-10(17)7-18/h2,4-5,8,10H,1,3,6-7,17H2,(H,20,21)/t8-,10+/m0/s1. The zero-order chi connectivity index (χ0) is 15.6. The molecule has 0 radical (unpaired) electrons. The Morgan fingerprint density at radius 2 is 1.95 bits per heavy atom. The zero-order valence-corrected chi connectivity index (χ0v) is 11.3. The number of nitrogens with two attached hydrogens (primary N) is 1. The van der Waals surface area contributed by atoms with Gasteiger partial charge in [0, 0.05) is 19.1 Å². The first kappa shape index (κ1) is 15.4. The lowest BCUT2D eigenvalue weighted by Gasteiger charge is -2.24. The molecule has 0 spiro atoms. The van der Waals surface area contributed by atoms with E-state index in [4.69, 9.17) is 10.8 Å². The minimum Gasteiger partial charge on any atom is -0.481 e. The summed E-state index contributed by atoms with van der Waals surface area (Å²) in [5, 5.41) is 9.11. The van der Waals surface area contributed by atoms with Crippen LogP contribution in [0.5, 0.6) is 0 Å². The van der Waals surface area contributed by atoms with Crippen molar-refractivity contribution in [1.82, 2.24) is 4.90 Å². The Morgan fingerprint density at radius 1 is 1.24 bits per heavy atom. The van der Waals surface area contributed by atoms with Gasteiger partial charge < -0.3 is 15.7 Å². The maximum absolute atomic E-state index is 13.7. The second kappa shape index (κ2) is 6.17. The van der Waals surface area contributed by atoms with E-state index < -0.39 is 35.0 Å². The molecule has 114 valence electrons. The van der Waals surface area contributed by atoms with Gasteiger partial charge in [-0.2, -0.15) is 0 Å². The van der Waals surface area contributed by atoms with Gasteiger partial charge in [-0.15, -0.1) is 0 Å². The molecular weight excluding hydrogens is 282 g/mol. The van der Waals surface area contributed by atoms with Crippen LogP contribution >= 0.6 is 0 Å². The third kappa shape index (κ3) is 3.55. The third-order valence-corrected chi connectivity index (χ3v) is 3.58. The molecule has 5 nitrogen and oxygen atoms in total. The number of carboxylic acids is 1. The van der Waals surface area contributed by atoms with Gasteiger partial charge in [-0.3, -0.25) is 9.59 Å². The summed E-state index contributed by atoms with van der Waals surface area (Å²) < 4.78 is 26.8. The fraction of sp³-hybridized carbons (Fsp3) is 0.429. The molecule has 1 heterocycles. The van der Waals surface area contributed by atoms with Crippen molar-refractivity contribution < 1.29 is 23.5 Å². The molecular formula is C14H16F2N2O3. The summed E-state index contributed by atoms with van der Waals surface area (Å²) in [5.74, 6) is -4.09. The molecule has 0 aromatic heterocycles. The number of nitrogens with zero attached hydrogens (tertiary/aromatic N) is 1. The summed E-state index contributed by atoms with van der Waals surface area (Å²) in [4.78, 5) is 24.6. The van der Waals surface area contributed by atoms with Gasteiger partial charge in [-0.1, -0.05) is 0 Å². The van der Waals surface area contributed by atoms with Gasteiger partial charge in [-0.25, -0.2) is 8.78 Å². The van der Waals surface area contributed by atoms with E-state index in [1.807, 2.05) is 0 Å². The second-order valence-corrected chi connectivity index (χ2v) is 5.21. The van der Waals surface area contributed by atoms with Crippen LogP contribution in [0.15, 0.2) is 18.2 Å². The predicted octanol–water partition coefficient (Wildman–Crippen LogP) is 1.23. The lowest BCUT2D eigenvalue weighted by Crippen LogP contribution is -2.41. The first-order valence-electron chi connectivity index (χ1n) is 6.61. The second-order valence-electron chi connectivity index (χ2n) is 5.21. The smallest absolute Gasteiger partial charge is 0.308 e. The van der Waals surface area contributed by atoms with E-state index in [2.05, 4.69) is 0 Å². The summed E-state index contributed by atoms with van der Waals surface area (Å²) in [6, 6.07) is 2.22. The van der Waals surface area contributed by atoms with Crippen LogP contribution in [0.2, 0.25) is 0 Å². The summed E-state index contributed by atoms with van der Waals surface area (Å²) in [5.41, 5.74) is 5.41. The maximum atomic E-state index is 13.7. The quantitative estimate of drug-likeness (QED) is 0.860. The van der Waals surface area contributed by atoms with Crippen LogP contribution in [-0.4, -0.2) is 41.0 Å². The summed E-state index contributed by atoms with van der Waals surface area (Å²) in [7, 11) is 0. The van der Waals surface area contributed by atoms with E-state index in [9.17, 15) is 18.4 Å².